The van der Waals surface area contributed by atoms with E-state index in [9.17, 15) is 34.5 Å². The van der Waals surface area contributed by atoms with E-state index in [4.69, 9.17) is 9.84 Å². The Labute approximate surface area is 182 Å². The van der Waals surface area contributed by atoms with E-state index in [2.05, 4.69) is 16.0 Å². The molecule has 12 heteroatoms. The molecule has 0 aromatic heterocycles. The maximum Gasteiger partial charge on any atom is 0.370 e. The van der Waals surface area contributed by atoms with E-state index in [0.29, 0.717) is 5.69 Å². The first kappa shape index (κ1) is 24.8. The number of nitrogens with one attached hydrogen (secondary N) is 3. The number of carboxylic acids is 1. The van der Waals surface area contributed by atoms with Crippen LogP contribution in [0.3, 0.4) is 0 Å². The molecule has 3 amide bonds. The van der Waals surface area contributed by atoms with E-state index in [0.717, 1.165) is 13.0 Å². The summed E-state index contributed by atoms with van der Waals surface area (Å²) in [6, 6.07) is 4.77. The van der Waals surface area contributed by atoms with Crippen molar-refractivity contribution in [3.63, 3.8) is 0 Å². The molecule has 1 aliphatic heterocycles. The number of carbonyl (C=O) groups is 4. The molecule has 32 heavy (non-hydrogen) atoms. The molecule has 5 atom stereocenters. The van der Waals surface area contributed by atoms with E-state index in [1.807, 2.05) is 0 Å². The first-order valence-electron chi connectivity index (χ1n) is 9.58. The number of aliphatic hydroxyl groups excluding tert-OH is 3. The number of rotatable bonds is 8. The molecule has 1 heterocycles. The fourth-order valence-corrected chi connectivity index (χ4v) is 3.10. The Bertz CT molecular complexity index is 917. The highest BCUT2D eigenvalue weighted by molar-refractivity contribution is 5.96. The summed E-state index contributed by atoms with van der Waals surface area (Å²) in [6.07, 6.45) is -5.58. The predicted molar refractivity (Wildman–Crippen MR) is 109 cm³/mol. The van der Waals surface area contributed by atoms with Crippen LogP contribution in [0.4, 0.5) is 5.69 Å². The zero-order valence-electron chi connectivity index (χ0n) is 17.3. The number of anilines is 1. The third-order valence-electron chi connectivity index (χ3n) is 4.54. The van der Waals surface area contributed by atoms with Crippen LogP contribution in [0.15, 0.2) is 36.1 Å². The highest BCUT2D eigenvalue weighted by Crippen LogP contribution is 2.23. The van der Waals surface area contributed by atoms with Crippen molar-refractivity contribution in [3.8, 4) is 0 Å². The van der Waals surface area contributed by atoms with Crippen LogP contribution < -0.4 is 16.0 Å². The van der Waals surface area contributed by atoms with Crippen molar-refractivity contribution >= 4 is 29.4 Å². The average molecular weight is 451 g/mol. The van der Waals surface area contributed by atoms with E-state index < -0.39 is 60.5 Å². The van der Waals surface area contributed by atoms with Gasteiger partial charge in [0.1, 0.15) is 18.3 Å². The molecular weight excluding hydrogens is 426 g/mol. The number of hydrogen-bond acceptors (Lipinski definition) is 8. The summed E-state index contributed by atoms with van der Waals surface area (Å²) >= 11 is 0. The van der Waals surface area contributed by atoms with Gasteiger partial charge in [-0.25, -0.2) is 4.79 Å². The van der Waals surface area contributed by atoms with Gasteiger partial charge >= 0.3 is 5.97 Å². The first-order valence-corrected chi connectivity index (χ1v) is 9.58. The van der Waals surface area contributed by atoms with Crippen LogP contribution in [0.5, 0.6) is 0 Å². The van der Waals surface area contributed by atoms with Crippen molar-refractivity contribution in [2.24, 2.45) is 0 Å². The lowest BCUT2D eigenvalue weighted by Crippen LogP contribution is -2.60. The molecule has 0 saturated heterocycles. The molecule has 174 valence electrons. The van der Waals surface area contributed by atoms with Crippen molar-refractivity contribution in [3.05, 3.63) is 41.7 Å². The third kappa shape index (κ3) is 6.51. The number of hydrogen-bond donors (Lipinski definition) is 7. The van der Waals surface area contributed by atoms with E-state index in [1.54, 1.807) is 12.1 Å². The molecular formula is C20H25N3O9. The number of carboxylic acid groups (broad SMARTS) is 1. The summed E-state index contributed by atoms with van der Waals surface area (Å²) in [5, 5.41) is 47.4. The Morgan fingerprint density at radius 2 is 1.81 bits per heavy atom. The molecule has 2 rings (SSSR count). The maximum atomic E-state index is 12.4. The number of amides is 3. The van der Waals surface area contributed by atoms with Gasteiger partial charge in [0.15, 0.2) is 6.10 Å². The van der Waals surface area contributed by atoms with Gasteiger partial charge in [-0.1, -0.05) is 6.07 Å². The van der Waals surface area contributed by atoms with Crippen LogP contribution in [0.25, 0.3) is 0 Å². The molecule has 0 saturated carbocycles. The van der Waals surface area contributed by atoms with E-state index >= 15 is 0 Å². The summed E-state index contributed by atoms with van der Waals surface area (Å²) in [5.41, 5.74) is 0.566. The minimum absolute atomic E-state index is 0.175. The molecule has 0 fully saturated rings. The van der Waals surface area contributed by atoms with Crippen LogP contribution in [-0.2, 0) is 19.1 Å². The van der Waals surface area contributed by atoms with Crippen molar-refractivity contribution in [2.75, 3.05) is 11.9 Å². The van der Waals surface area contributed by atoms with Gasteiger partial charge in [-0.15, -0.1) is 0 Å². The molecule has 1 aromatic carbocycles. The van der Waals surface area contributed by atoms with E-state index in [-0.39, 0.29) is 11.5 Å². The lowest BCUT2D eigenvalue weighted by Gasteiger charge is -2.38. The van der Waals surface area contributed by atoms with Crippen LogP contribution in [0, 0.1) is 0 Å². The average Bonchev–Trinajstić information content (AvgIpc) is 2.71. The van der Waals surface area contributed by atoms with Crippen LogP contribution in [-0.4, -0.2) is 81.1 Å². The lowest BCUT2D eigenvalue weighted by molar-refractivity contribution is -0.147. The standard InChI is InChI=1S/C20H25N3O9/c1-9(24)22-12-5-3-4-11(6-12)19(29)21-8-14(27)17(28)18-16(23-10(2)25)13(26)7-15(32-18)20(30)31/h3-7,13-14,16-18,26-28H,8H2,1-2H3,(H,21,29)(H,22,24)(H,23,25)(H,30,31)/t13-,14+,16+,17+,18+/m0/s1. The summed E-state index contributed by atoms with van der Waals surface area (Å²) < 4.78 is 5.18. The van der Waals surface area contributed by atoms with Gasteiger partial charge in [0.25, 0.3) is 5.91 Å². The predicted octanol–water partition coefficient (Wildman–Crippen LogP) is -1.67. The molecule has 0 aliphatic carbocycles. The van der Waals surface area contributed by atoms with Gasteiger partial charge in [0.05, 0.1) is 6.04 Å². The zero-order valence-corrected chi connectivity index (χ0v) is 17.3. The normalized spacial score (nSPS) is 21.9. The van der Waals surface area contributed by atoms with Crippen molar-refractivity contribution in [1.29, 1.82) is 0 Å². The molecule has 0 spiro atoms. The van der Waals surface area contributed by atoms with E-state index in [1.165, 1.54) is 19.1 Å². The third-order valence-corrected chi connectivity index (χ3v) is 4.54. The number of aliphatic carboxylic acids is 1. The molecule has 1 aromatic rings. The molecule has 0 radical (unpaired) electrons. The summed E-state index contributed by atoms with van der Waals surface area (Å²) in [5.74, 6) is -3.68. The Balaban J connectivity index is 2.08. The number of carbonyl (C=O) groups excluding carboxylic acids is 3. The molecule has 0 unspecified atom stereocenters. The fraction of sp³-hybridized carbons (Fsp3) is 0.400. The van der Waals surface area contributed by atoms with Gasteiger partial charge in [-0.2, -0.15) is 0 Å². The molecule has 7 N–H and O–H groups in total. The highest BCUT2D eigenvalue weighted by Gasteiger charge is 2.43. The Morgan fingerprint density at radius 3 is 2.41 bits per heavy atom. The smallest absolute Gasteiger partial charge is 0.370 e. The van der Waals surface area contributed by atoms with Gasteiger partial charge < -0.3 is 41.1 Å². The second-order valence-corrected chi connectivity index (χ2v) is 7.17. The topological polar surface area (TPSA) is 195 Å². The van der Waals surface area contributed by atoms with Gasteiger partial charge in [0, 0.05) is 31.6 Å². The minimum Gasteiger partial charge on any atom is -0.478 e. The van der Waals surface area contributed by atoms with Gasteiger partial charge in [-0.05, 0) is 24.3 Å². The molecule has 0 bridgehead atoms. The largest absolute Gasteiger partial charge is 0.478 e. The van der Waals surface area contributed by atoms with Crippen LogP contribution in [0.2, 0.25) is 0 Å². The van der Waals surface area contributed by atoms with Gasteiger partial charge in [0.2, 0.25) is 17.6 Å². The Morgan fingerprint density at radius 1 is 1.12 bits per heavy atom. The van der Waals surface area contributed by atoms with Crippen LogP contribution in [0.1, 0.15) is 24.2 Å². The second kappa shape index (κ2) is 10.7. The highest BCUT2D eigenvalue weighted by atomic mass is 16.5. The summed E-state index contributed by atoms with van der Waals surface area (Å²) in [6.45, 7) is 2.01. The number of ether oxygens (including phenoxy) is 1. The molecule has 12 nitrogen and oxygen atoms in total. The second-order valence-electron chi connectivity index (χ2n) is 7.17. The first-order chi connectivity index (χ1) is 15.0. The van der Waals surface area contributed by atoms with Crippen molar-refractivity contribution in [1.82, 2.24) is 10.6 Å². The quantitative estimate of drug-likeness (QED) is 0.242. The number of aliphatic hydroxyl groups is 3. The van der Waals surface area contributed by atoms with Crippen LogP contribution >= 0.6 is 0 Å². The Kier molecular flexibility index (Phi) is 8.29. The Hall–Kier alpha value is -3.48. The maximum absolute atomic E-state index is 12.4. The minimum atomic E-state index is -1.78. The van der Waals surface area contributed by atoms with Gasteiger partial charge in [-0.3, -0.25) is 14.4 Å². The summed E-state index contributed by atoms with van der Waals surface area (Å²) in [4.78, 5) is 46.2. The summed E-state index contributed by atoms with van der Waals surface area (Å²) in [7, 11) is 0. The number of benzene rings is 1. The van der Waals surface area contributed by atoms with Crippen molar-refractivity contribution in [2.45, 2.75) is 44.3 Å². The lowest BCUT2D eigenvalue weighted by atomic mass is 9.93. The molecule has 1 aliphatic rings. The SMILES string of the molecule is CC(=O)Nc1cccc(C(=O)NC[C@@H](O)[C@@H](O)[C@@H]2OC(C(=O)O)=C[C@H](O)[C@H]2NC(C)=O)c1. The monoisotopic (exact) mass is 451 g/mol. The van der Waals surface area contributed by atoms with Crippen molar-refractivity contribution < 1.29 is 44.3 Å². The fourth-order valence-electron chi connectivity index (χ4n) is 3.10. The zero-order chi connectivity index (χ0) is 24.0.